The first kappa shape index (κ1) is 22.3. The van der Waals surface area contributed by atoms with Crippen LogP contribution in [0.5, 0.6) is 0 Å². The largest absolute Gasteiger partial charge is 0.358 e. The van der Waals surface area contributed by atoms with E-state index in [-0.39, 0.29) is 11.6 Å². The normalized spacial score (nSPS) is 12.2. The highest BCUT2D eigenvalue weighted by atomic mass is 127. The Bertz CT molecular complexity index is 1510. The lowest BCUT2D eigenvalue weighted by Crippen LogP contribution is -2.40. The van der Waals surface area contributed by atoms with Crippen molar-refractivity contribution in [1.82, 2.24) is 29.6 Å². The molecule has 3 aromatic heterocycles. The first-order valence-electron chi connectivity index (χ1n) is 10.9. The van der Waals surface area contributed by atoms with Crippen molar-refractivity contribution in [3.8, 4) is 0 Å². The van der Waals surface area contributed by atoms with E-state index in [9.17, 15) is 4.79 Å². The van der Waals surface area contributed by atoms with Crippen LogP contribution in [0, 0.1) is 0 Å². The number of H-pyrrole nitrogens is 1. The van der Waals surface area contributed by atoms with Crippen LogP contribution in [0.15, 0.2) is 66.0 Å². The molecule has 9 nitrogen and oxygen atoms in total. The maximum Gasteiger partial charge on any atom is 0.280 e. The van der Waals surface area contributed by atoms with Crippen molar-refractivity contribution in [2.45, 2.75) is 23.8 Å². The molecule has 0 spiro atoms. The number of halogens is 1. The zero-order valence-corrected chi connectivity index (χ0v) is 20.9. The summed E-state index contributed by atoms with van der Waals surface area (Å²) in [4.78, 5) is 35.0. The molecule has 0 aliphatic heterocycles. The van der Waals surface area contributed by atoms with E-state index in [1.165, 1.54) is 6.33 Å². The summed E-state index contributed by atoms with van der Waals surface area (Å²) in [6, 6.07) is 15.3. The average Bonchev–Trinajstić information content (AvgIpc) is 3.37. The van der Waals surface area contributed by atoms with Crippen LogP contribution in [-0.4, -0.2) is 36.6 Å². The molecule has 0 bridgehead atoms. The number of benzene rings is 2. The topological polar surface area (TPSA) is 105 Å². The highest BCUT2D eigenvalue weighted by Crippen LogP contribution is 2.26. The van der Waals surface area contributed by atoms with Crippen LogP contribution < -0.4 is 15.9 Å². The van der Waals surface area contributed by atoms with Crippen LogP contribution in [0.3, 0.4) is 0 Å². The zero-order valence-electron chi connectivity index (χ0n) is 18.7. The molecular weight excluding hydrogens is 543 g/mol. The Morgan fingerprint density at radius 2 is 1.94 bits per heavy atom. The van der Waals surface area contributed by atoms with Crippen molar-refractivity contribution in [3.05, 3.63) is 82.9 Å². The van der Waals surface area contributed by atoms with Crippen molar-refractivity contribution in [3.63, 3.8) is 0 Å². The molecule has 172 valence electrons. The van der Waals surface area contributed by atoms with E-state index >= 15 is 0 Å². The number of aromatic amines is 1. The third kappa shape index (κ3) is 3.87. The van der Waals surface area contributed by atoms with Gasteiger partial charge >= 0.3 is 0 Å². The molecule has 2 aromatic carbocycles. The van der Waals surface area contributed by atoms with E-state index in [1.54, 1.807) is 11.0 Å². The second-order valence-corrected chi connectivity index (χ2v) is 8.58. The predicted molar refractivity (Wildman–Crippen MR) is 142 cm³/mol. The van der Waals surface area contributed by atoms with Crippen LogP contribution in [0.1, 0.15) is 30.8 Å². The van der Waals surface area contributed by atoms with Crippen LogP contribution in [-0.2, 0) is 4.43 Å². The molecule has 0 aliphatic carbocycles. The van der Waals surface area contributed by atoms with Gasteiger partial charge in [0.2, 0.25) is 0 Å². The highest BCUT2D eigenvalue weighted by molar-refractivity contribution is 14.1. The molecule has 5 aromatic rings. The van der Waals surface area contributed by atoms with Crippen molar-refractivity contribution in [2.75, 3.05) is 17.4 Å². The van der Waals surface area contributed by atoms with Gasteiger partial charge in [-0.1, -0.05) is 59.8 Å². The SMILES string of the molecule is CCC(Nc1ncnc2[nH]cnc12)c1nc2cccc(CI)c2c(=O)n1N(C)c1ccccc1. The van der Waals surface area contributed by atoms with Gasteiger partial charge in [0.1, 0.15) is 11.8 Å². The highest BCUT2D eigenvalue weighted by Gasteiger charge is 2.24. The minimum absolute atomic E-state index is 0.105. The number of nitrogens with one attached hydrogen (secondary N) is 2. The Hall–Kier alpha value is -3.54. The van der Waals surface area contributed by atoms with E-state index in [2.05, 4.69) is 47.8 Å². The van der Waals surface area contributed by atoms with Crippen molar-refractivity contribution < 1.29 is 0 Å². The number of imidazole rings is 1. The quantitative estimate of drug-likeness (QED) is 0.222. The summed E-state index contributed by atoms with van der Waals surface area (Å²) in [6.45, 7) is 2.05. The third-order valence-corrected chi connectivity index (χ3v) is 6.63. The fraction of sp³-hybridized carbons (Fsp3) is 0.208. The van der Waals surface area contributed by atoms with Crippen LogP contribution >= 0.6 is 22.6 Å². The van der Waals surface area contributed by atoms with Crippen molar-refractivity contribution >= 4 is 56.2 Å². The van der Waals surface area contributed by atoms with E-state index in [4.69, 9.17) is 4.98 Å². The summed E-state index contributed by atoms with van der Waals surface area (Å²) < 4.78 is 2.38. The molecule has 5 rings (SSSR count). The number of alkyl halides is 1. The monoisotopic (exact) mass is 566 g/mol. The Morgan fingerprint density at radius 3 is 2.71 bits per heavy atom. The molecular formula is C24H23IN8O. The summed E-state index contributed by atoms with van der Waals surface area (Å²) in [7, 11) is 1.88. The van der Waals surface area contributed by atoms with E-state index in [0.29, 0.717) is 44.6 Å². The number of fused-ring (bicyclic) bond motifs is 2. The van der Waals surface area contributed by atoms with Gasteiger partial charge in [-0.2, -0.15) is 0 Å². The van der Waals surface area contributed by atoms with E-state index in [1.807, 2.05) is 67.5 Å². The predicted octanol–water partition coefficient (Wildman–Crippen LogP) is 4.46. The van der Waals surface area contributed by atoms with Gasteiger partial charge in [0.15, 0.2) is 17.3 Å². The second-order valence-electron chi connectivity index (χ2n) is 7.82. The van der Waals surface area contributed by atoms with Gasteiger partial charge in [-0.15, -0.1) is 0 Å². The summed E-state index contributed by atoms with van der Waals surface area (Å²) >= 11 is 2.28. The molecule has 0 saturated heterocycles. The van der Waals surface area contributed by atoms with Crippen LogP contribution in [0.2, 0.25) is 0 Å². The average molecular weight is 566 g/mol. The molecule has 1 atom stereocenters. The molecule has 0 saturated carbocycles. The number of nitrogens with zero attached hydrogens (tertiary/aromatic N) is 6. The van der Waals surface area contributed by atoms with Crippen LogP contribution in [0.4, 0.5) is 11.5 Å². The lowest BCUT2D eigenvalue weighted by atomic mass is 10.1. The number of para-hydroxylation sites is 1. The van der Waals surface area contributed by atoms with E-state index in [0.717, 1.165) is 11.3 Å². The Balaban J connectivity index is 1.72. The Labute approximate surface area is 209 Å². The molecule has 10 heteroatoms. The van der Waals surface area contributed by atoms with Gasteiger partial charge in [0.25, 0.3) is 5.56 Å². The second kappa shape index (κ2) is 9.37. The number of rotatable bonds is 7. The summed E-state index contributed by atoms with van der Waals surface area (Å²) in [5, 5.41) is 5.94. The molecule has 0 aliphatic rings. The molecule has 0 amide bonds. The van der Waals surface area contributed by atoms with Crippen molar-refractivity contribution in [2.24, 2.45) is 0 Å². The first-order chi connectivity index (χ1) is 16.6. The first-order valence-corrected chi connectivity index (χ1v) is 12.4. The number of aromatic nitrogens is 6. The molecule has 0 fully saturated rings. The maximum absolute atomic E-state index is 14.0. The molecule has 3 heterocycles. The number of hydrogen-bond donors (Lipinski definition) is 2. The van der Waals surface area contributed by atoms with Gasteiger partial charge in [-0.3, -0.25) is 9.80 Å². The van der Waals surface area contributed by atoms with E-state index < -0.39 is 0 Å². The number of hydrogen-bond acceptors (Lipinski definition) is 7. The summed E-state index contributed by atoms with van der Waals surface area (Å²) in [6.07, 6.45) is 3.74. The summed E-state index contributed by atoms with van der Waals surface area (Å²) in [5.74, 6) is 1.18. The smallest absolute Gasteiger partial charge is 0.280 e. The fourth-order valence-corrected chi connectivity index (χ4v) is 4.71. The lowest BCUT2D eigenvalue weighted by Gasteiger charge is -2.28. The van der Waals surface area contributed by atoms with Gasteiger partial charge < -0.3 is 10.3 Å². The Morgan fingerprint density at radius 1 is 1.12 bits per heavy atom. The zero-order chi connectivity index (χ0) is 23.7. The fourth-order valence-electron chi connectivity index (χ4n) is 4.08. The standard InChI is InChI=1S/C24H23IN8O/c1-3-17(30-22-20-21(27-13-26-20)28-14-29-22)23-31-18-11-7-8-15(12-25)19(18)24(34)33(23)32(2)16-9-5-4-6-10-16/h4-11,13-14,17H,3,12H2,1-2H3,(H2,26,27,28,29,30). The number of anilines is 2. The summed E-state index contributed by atoms with van der Waals surface area (Å²) in [5.41, 5.74) is 3.70. The molecule has 1 unspecified atom stereocenters. The molecule has 2 N–H and O–H groups in total. The lowest BCUT2D eigenvalue weighted by molar-refractivity contribution is 0.595. The Kier molecular flexibility index (Phi) is 6.14. The van der Waals surface area contributed by atoms with Gasteiger partial charge in [0, 0.05) is 11.5 Å². The third-order valence-electron chi connectivity index (χ3n) is 5.81. The van der Waals surface area contributed by atoms with Gasteiger partial charge in [-0.05, 0) is 30.2 Å². The minimum Gasteiger partial charge on any atom is -0.358 e. The van der Waals surface area contributed by atoms with Gasteiger partial charge in [0.05, 0.1) is 29.0 Å². The molecule has 0 radical (unpaired) electrons. The minimum atomic E-state index is -0.304. The van der Waals surface area contributed by atoms with Crippen molar-refractivity contribution in [1.29, 1.82) is 0 Å². The van der Waals surface area contributed by atoms with Crippen LogP contribution in [0.25, 0.3) is 22.1 Å². The van der Waals surface area contributed by atoms with Gasteiger partial charge in [-0.25, -0.2) is 24.6 Å². The molecule has 34 heavy (non-hydrogen) atoms. The maximum atomic E-state index is 14.0.